The predicted octanol–water partition coefficient (Wildman–Crippen LogP) is 4.62. The maximum atomic E-state index is 12.8. The van der Waals surface area contributed by atoms with E-state index in [2.05, 4.69) is 20.6 Å². The molecule has 4 rings (SSSR count). The first kappa shape index (κ1) is 23.2. The highest BCUT2D eigenvalue weighted by Crippen LogP contribution is 2.40. The number of fused-ring (bicyclic) bond motifs is 1. The van der Waals surface area contributed by atoms with Gasteiger partial charge in [-0.2, -0.15) is 23.2 Å². The molecule has 174 valence electrons. The standard InChI is InChI=1S/C22H22F3N5O2S/c1-13-9-19-20(28-11-13)17(10-26)21(30(19)15-5-3-4-6-15)18-8-7-16(12-27-18)33(31,32)29-14(2)22(23,24)25/h7-9,11-12,14-15,29H,3-6H2,1-2H3/t14-/m1/s1. The minimum absolute atomic E-state index is 0.146. The first-order chi connectivity index (χ1) is 15.5. The molecule has 1 saturated carbocycles. The predicted molar refractivity (Wildman–Crippen MR) is 116 cm³/mol. The fraction of sp³-hybridized carbons (Fsp3) is 0.409. The lowest BCUT2D eigenvalue weighted by atomic mass is 10.1. The van der Waals surface area contributed by atoms with Gasteiger partial charge in [-0.15, -0.1) is 0 Å². The fourth-order valence-electron chi connectivity index (χ4n) is 4.23. The van der Waals surface area contributed by atoms with E-state index in [1.165, 1.54) is 12.1 Å². The summed E-state index contributed by atoms with van der Waals surface area (Å²) in [6.07, 6.45) is 1.95. The molecule has 7 nitrogen and oxygen atoms in total. The number of hydrogen-bond acceptors (Lipinski definition) is 5. The Morgan fingerprint density at radius 1 is 1.21 bits per heavy atom. The molecule has 0 bridgehead atoms. The largest absolute Gasteiger partial charge is 0.404 e. The van der Waals surface area contributed by atoms with Gasteiger partial charge in [-0.05, 0) is 50.5 Å². The normalized spacial score (nSPS) is 16.2. The Morgan fingerprint density at radius 3 is 2.48 bits per heavy atom. The number of sulfonamides is 1. The Morgan fingerprint density at radius 2 is 1.91 bits per heavy atom. The molecule has 1 aliphatic rings. The first-order valence-corrected chi connectivity index (χ1v) is 12.0. The summed E-state index contributed by atoms with van der Waals surface area (Å²) in [5.74, 6) is 0. The van der Waals surface area contributed by atoms with Crippen LogP contribution < -0.4 is 4.72 Å². The molecule has 3 heterocycles. The minimum Gasteiger partial charge on any atom is -0.334 e. The van der Waals surface area contributed by atoms with E-state index < -0.39 is 27.1 Å². The van der Waals surface area contributed by atoms with Crippen molar-refractivity contribution in [1.29, 1.82) is 5.26 Å². The molecule has 1 aliphatic carbocycles. The molecular formula is C22H22F3N5O2S. The van der Waals surface area contributed by atoms with Crippen LogP contribution in [0.4, 0.5) is 13.2 Å². The molecule has 3 aromatic rings. The second-order valence-electron chi connectivity index (χ2n) is 8.29. The van der Waals surface area contributed by atoms with Crippen LogP contribution in [0.2, 0.25) is 0 Å². The number of aryl methyl sites for hydroxylation is 1. The molecule has 3 aromatic heterocycles. The van der Waals surface area contributed by atoms with Crippen molar-refractivity contribution < 1.29 is 21.6 Å². The van der Waals surface area contributed by atoms with Gasteiger partial charge in [0.25, 0.3) is 0 Å². The average molecular weight is 478 g/mol. The molecule has 1 atom stereocenters. The van der Waals surface area contributed by atoms with Crippen molar-refractivity contribution in [3.05, 3.63) is 41.7 Å². The third kappa shape index (κ3) is 4.32. The van der Waals surface area contributed by atoms with Gasteiger partial charge < -0.3 is 4.57 Å². The summed E-state index contributed by atoms with van der Waals surface area (Å²) in [6, 6.07) is 4.69. The molecule has 1 fully saturated rings. The van der Waals surface area contributed by atoms with Gasteiger partial charge in [-0.1, -0.05) is 12.8 Å². The van der Waals surface area contributed by atoms with Crippen molar-refractivity contribution in [2.45, 2.75) is 62.7 Å². The lowest BCUT2D eigenvalue weighted by Crippen LogP contribution is -2.42. The highest BCUT2D eigenvalue weighted by Gasteiger charge is 2.39. The molecule has 0 aliphatic heterocycles. The zero-order chi connectivity index (χ0) is 24.0. The van der Waals surface area contributed by atoms with Gasteiger partial charge >= 0.3 is 6.18 Å². The number of alkyl halides is 3. The van der Waals surface area contributed by atoms with E-state index in [-0.39, 0.29) is 6.04 Å². The second-order valence-corrected chi connectivity index (χ2v) is 10.0. The van der Waals surface area contributed by atoms with E-state index in [0.717, 1.165) is 49.9 Å². The molecule has 0 unspecified atom stereocenters. The molecule has 11 heteroatoms. The number of halogens is 3. The van der Waals surface area contributed by atoms with Crippen LogP contribution in [0.25, 0.3) is 22.4 Å². The van der Waals surface area contributed by atoms with Crippen LogP contribution in [0.5, 0.6) is 0 Å². The van der Waals surface area contributed by atoms with E-state index in [1.54, 1.807) is 10.9 Å². The molecule has 0 radical (unpaired) electrons. The summed E-state index contributed by atoms with van der Waals surface area (Å²) in [5, 5.41) is 9.92. The number of nitrogens with one attached hydrogen (secondary N) is 1. The van der Waals surface area contributed by atoms with Gasteiger partial charge in [0.05, 0.1) is 16.9 Å². The Kier molecular flexibility index (Phi) is 5.92. The van der Waals surface area contributed by atoms with Crippen molar-refractivity contribution in [1.82, 2.24) is 19.3 Å². The molecule has 0 aromatic carbocycles. The molecule has 0 spiro atoms. The van der Waals surface area contributed by atoms with Gasteiger partial charge in [0.2, 0.25) is 10.0 Å². The zero-order valence-corrected chi connectivity index (χ0v) is 18.8. The third-order valence-electron chi connectivity index (χ3n) is 5.89. The van der Waals surface area contributed by atoms with Crippen molar-refractivity contribution in [2.24, 2.45) is 0 Å². The van der Waals surface area contributed by atoms with Crippen molar-refractivity contribution in [3.8, 4) is 17.5 Å². The molecule has 1 N–H and O–H groups in total. The van der Waals surface area contributed by atoms with E-state index in [9.17, 15) is 26.9 Å². The van der Waals surface area contributed by atoms with Crippen LogP contribution in [0.1, 0.15) is 49.8 Å². The minimum atomic E-state index is -4.71. The Hall–Kier alpha value is -2.97. The summed E-state index contributed by atoms with van der Waals surface area (Å²) >= 11 is 0. The molecule has 33 heavy (non-hydrogen) atoms. The van der Waals surface area contributed by atoms with Crippen LogP contribution in [0.15, 0.2) is 35.5 Å². The number of rotatable bonds is 5. The van der Waals surface area contributed by atoms with Gasteiger partial charge in [0.15, 0.2) is 0 Å². The van der Waals surface area contributed by atoms with Gasteiger partial charge in [-0.3, -0.25) is 9.97 Å². The number of aromatic nitrogens is 3. The Balaban J connectivity index is 1.81. The van der Waals surface area contributed by atoms with Crippen molar-refractivity contribution in [2.75, 3.05) is 0 Å². The molecule has 0 amide bonds. The Labute approximate surface area is 189 Å². The SMILES string of the molecule is Cc1cnc2c(C#N)c(-c3ccc(S(=O)(=O)N[C@H](C)C(F)(F)F)cn3)n(C3CCCC3)c2c1. The summed E-state index contributed by atoms with van der Waals surface area (Å²) in [4.78, 5) is 8.31. The van der Waals surface area contributed by atoms with E-state index >= 15 is 0 Å². The summed E-state index contributed by atoms with van der Waals surface area (Å²) in [5.41, 5.74) is 3.53. The quantitative estimate of drug-likeness (QED) is 0.578. The first-order valence-electron chi connectivity index (χ1n) is 10.5. The topological polar surface area (TPSA) is 101 Å². The summed E-state index contributed by atoms with van der Waals surface area (Å²) in [7, 11) is -4.43. The number of nitriles is 1. The van der Waals surface area contributed by atoms with Crippen LogP contribution in [0.3, 0.4) is 0 Å². The maximum absolute atomic E-state index is 12.8. The van der Waals surface area contributed by atoms with Crippen LogP contribution in [0, 0.1) is 18.3 Å². The van der Waals surface area contributed by atoms with Gasteiger partial charge in [0, 0.05) is 18.4 Å². The van der Waals surface area contributed by atoms with E-state index in [0.29, 0.717) is 22.5 Å². The van der Waals surface area contributed by atoms with Crippen molar-refractivity contribution in [3.63, 3.8) is 0 Å². The fourth-order valence-corrected chi connectivity index (χ4v) is 5.40. The van der Waals surface area contributed by atoms with Gasteiger partial charge in [0.1, 0.15) is 28.1 Å². The van der Waals surface area contributed by atoms with Gasteiger partial charge in [-0.25, -0.2) is 8.42 Å². The zero-order valence-electron chi connectivity index (χ0n) is 18.0. The monoisotopic (exact) mass is 477 g/mol. The Bertz CT molecular complexity index is 1340. The highest BCUT2D eigenvalue weighted by atomic mass is 32.2. The summed E-state index contributed by atoms with van der Waals surface area (Å²) in [6.45, 7) is 2.64. The smallest absolute Gasteiger partial charge is 0.334 e. The highest BCUT2D eigenvalue weighted by molar-refractivity contribution is 7.89. The lowest BCUT2D eigenvalue weighted by Gasteiger charge is -2.18. The molecular weight excluding hydrogens is 455 g/mol. The number of nitrogens with zero attached hydrogens (tertiary/aromatic N) is 4. The number of hydrogen-bond donors (Lipinski definition) is 1. The average Bonchev–Trinajstić information content (AvgIpc) is 3.38. The summed E-state index contributed by atoms with van der Waals surface area (Å²) < 4.78 is 66.9. The number of pyridine rings is 2. The third-order valence-corrected chi connectivity index (χ3v) is 7.42. The van der Waals surface area contributed by atoms with E-state index in [4.69, 9.17) is 0 Å². The van der Waals surface area contributed by atoms with Crippen LogP contribution in [-0.2, 0) is 10.0 Å². The molecule has 0 saturated heterocycles. The maximum Gasteiger partial charge on any atom is 0.404 e. The van der Waals surface area contributed by atoms with Crippen LogP contribution >= 0.6 is 0 Å². The van der Waals surface area contributed by atoms with Crippen LogP contribution in [-0.4, -0.2) is 35.2 Å². The lowest BCUT2D eigenvalue weighted by molar-refractivity contribution is -0.147. The van der Waals surface area contributed by atoms with Crippen molar-refractivity contribution >= 4 is 21.1 Å². The second kappa shape index (κ2) is 8.43. The van der Waals surface area contributed by atoms with E-state index in [1.807, 2.05) is 13.0 Å².